The molecule has 1 N–H and O–H groups in total. The summed E-state index contributed by atoms with van der Waals surface area (Å²) in [5.41, 5.74) is 2.89. The quantitative estimate of drug-likeness (QED) is 0.521. The van der Waals surface area contributed by atoms with E-state index in [1.807, 2.05) is 50.2 Å². The second kappa shape index (κ2) is 7.27. The Hall–Kier alpha value is -2.66. The first-order valence-corrected chi connectivity index (χ1v) is 7.69. The standard InChI is InChI=1S/C19H22N2O3/c1-13(14-5-7-16(8-6-14)19(23)21(4)24)18(22)15-9-11-17(12-10-15)20(2)3/h5-13,24H,1-4H3. The molecule has 0 aromatic heterocycles. The van der Waals surface area contributed by atoms with Crippen molar-refractivity contribution in [3.8, 4) is 0 Å². The van der Waals surface area contributed by atoms with E-state index in [0.29, 0.717) is 16.2 Å². The highest BCUT2D eigenvalue weighted by atomic mass is 16.5. The number of carbonyl (C=O) groups is 2. The number of benzene rings is 2. The summed E-state index contributed by atoms with van der Waals surface area (Å²) in [5, 5.41) is 9.71. The van der Waals surface area contributed by atoms with Crippen molar-refractivity contribution in [3.05, 3.63) is 65.2 Å². The number of anilines is 1. The summed E-state index contributed by atoms with van der Waals surface area (Å²) in [5.74, 6) is -0.773. The molecule has 0 radical (unpaired) electrons. The molecule has 5 nitrogen and oxygen atoms in total. The number of hydrogen-bond donors (Lipinski definition) is 1. The number of hydroxylamine groups is 2. The molecule has 0 fully saturated rings. The number of Topliss-reactive ketones (excluding diaryl/α,β-unsaturated/α-hetero) is 1. The lowest BCUT2D eigenvalue weighted by molar-refractivity contribution is -0.0374. The average Bonchev–Trinajstić information content (AvgIpc) is 2.60. The van der Waals surface area contributed by atoms with Gasteiger partial charge in [0.1, 0.15) is 0 Å². The van der Waals surface area contributed by atoms with Gasteiger partial charge in [0.15, 0.2) is 5.78 Å². The number of ketones is 1. The fraction of sp³-hybridized carbons (Fsp3) is 0.263. The van der Waals surface area contributed by atoms with Crippen LogP contribution in [0.4, 0.5) is 5.69 Å². The van der Waals surface area contributed by atoms with Gasteiger partial charge in [-0.3, -0.25) is 14.8 Å². The highest BCUT2D eigenvalue weighted by Crippen LogP contribution is 2.22. The van der Waals surface area contributed by atoms with E-state index in [9.17, 15) is 14.8 Å². The third-order valence-electron chi connectivity index (χ3n) is 4.01. The molecule has 0 aliphatic heterocycles. The van der Waals surface area contributed by atoms with E-state index in [0.717, 1.165) is 11.3 Å². The van der Waals surface area contributed by atoms with Crippen LogP contribution in [0, 0.1) is 0 Å². The van der Waals surface area contributed by atoms with Crippen LogP contribution in [-0.4, -0.2) is 43.1 Å². The van der Waals surface area contributed by atoms with Crippen LogP contribution < -0.4 is 4.90 Å². The second-order valence-electron chi connectivity index (χ2n) is 5.98. The van der Waals surface area contributed by atoms with Gasteiger partial charge in [-0.1, -0.05) is 19.1 Å². The number of nitrogens with zero attached hydrogens (tertiary/aromatic N) is 2. The Labute approximate surface area is 142 Å². The van der Waals surface area contributed by atoms with Crippen LogP contribution in [0.25, 0.3) is 0 Å². The summed E-state index contributed by atoms with van der Waals surface area (Å²) in [6.07, 6.45) is 0. The molecule has 1 atom stereocenters. The van der Waals surface area contributed by atoms with Crippen LogP contribution in [0.1, 0.15) is 39.1 Å². The summed E-state index contributed by atoms with van der Waals surface area (Å²) < 4.78 is 0. The fourth-order valence-corrected chi connectivity index (χ4v) is 2.43. The third kappa shape index (κ3) is 3.81. The molecule has 0 heterocycles. The van der Waals surface area contributed by atoms with E-state index in [1.165, 1.54) is 7.05 Å². The van der Waals surface area contributed by atoms with Gasteiger partial charge < -0.3 is 4.90 Å². The summed E-state index contributed by atoms with van der Waals surface area (Å²) in [4.78, 5) is 26.3. The fourth-order valence-electron chi connectivity index (χ4n) is 2.43. The highest BCUT2D eigenvalue weighted by Gasteiger charge is 2.18. The maximum absolute atomic E-state index is 12.6. The lowest BCUT2D eigenvalue weighted by Crippen LogP contribution is -2.22. The first-order valence-electron chi connectivity index (χ1n) is 7.69. The minimum Gasteiger partial charge on any atom is -0.378 e. The Morgan fingerprint density at radius 1 is 0.875 bits per heavy atom. The van der Waals surface area contributed by atoms with Gasteiger partial charge in [0.05, 0.1) is 0 Å². The zero-order chi connectivity index (χ0) is 17.9. The van der Waals surface area contributed by atoms with Crippen LogP contribution in [0.15, 0.2) is 48.5 Å². The van der Waals surface area contributed by atoms with E-state index in [4.69, 9.17) is 0 Å². The largest absolute Gasteiger partial charge is 0.378 e. The van der Waals surface area contributed by atoms with Crippen molar-refractivity contribution >= 4 is 17.4 Å². The minimum atomic E-state index is -0.486. The zero-order valence-corrected chi connectivity index (χ0v) is 14.4. The first kappa shape index (κ1) is 17.7. The number of carbonyl (C=O) groups excluding carboxylic acids is 2. The van der Waals surface area contributed by atoms with Gasteiger partial charge in [-0.25, -0.2) is 5.06 Å². The normalized spacial score (nSPS) is 11.7. The molecule has 24 heavy (non-hydrogen) atoms. The smallest absolute Gasteiger partial charge is 0.276 e. The summed E-state index contributed by atoms with van der Waals surface area (Å²) in [6.45, 7) is 1.84. The van der Waals surface area contributed by atoms with Crippen LogP contribution in [-0.2, 0) is 0 Å². The molecule has 0 saturated carbocycles. The molecular weight excluding hydrogens is 304 g/mol. The van der Waals surface area contributed by atoms with E-state index in [1.54, 1.807) is 24.3 Å². The van der Waals surface area contributed by atoms with Gasteiger partial charge in [-0.2, -0.15) is 0 Å². The predicted octanol–water partition coefficient (Wildman–Crippen LogP) is 3.20. The van der Waals surface area contributed by atoms with Crippen LogP contribution in [0.5, 0.6) is 0 Å². The summed E-state index contributed by atoms with van der Waals surface area (Å²) in [6, 6.07) is 14.2. The molecule has 0 bridgehead atoms. The predicted molar refractivity (Wildman–Crippen MR) is 93.8 cm³/mol. The van der Waals surface area contributed by atoms with Crippen molar-refractivity contribution in [1.29, 1.82) is 0 Å². The zero-order valence-electron chi connectivity index (χ0n) is 14.4. The van der Waals surface area contributed by atoms with Gasteiger partial charge in [-0.15, -0.1) is 0 Å². The van der Waals surface area contributed by atoms with Crippen molar-refractivity contribution in [1.82, 2.24) is 5.06 Å². The molecule has 2 rings (SSSR count). The van der Waals surface area contributed by atoms with Gasteiger partial charge >= 0.3 is 0 Å². The monoisotopic (exact) mass is 326 g/mol. The minimum absolute atomic E-state index is 0.0265. The van der Waals surface area contributed by atoms with E-state index < -0.39 is 5.91 Å². The number of hydrogen-bond acceptors (Lipinski definition) is 4. The Kier molecular flexibility index (Phi) is 5.36. The highest BCUT2D eigenvalue weighted by molar-refractivity contribution is 6.01. The Balaban J connectivity index is 2.17. The molecule has 0 aliphatic rings. The van der Waals surface area contributed by atoms with E-state index in [-0.39, 0.29) is 11.7 Å². The summed E-state index contributed by atoms with van der Waals surface area (Å²) >= 11 is 0. The van der Waals surface area contributed by atoms with Crippen LogP contribution in [0.3, 0.4) is 0 Å². The molecule has 5 heteroatoms. The molecule has 0 aliphatic carbocycles. The molecule has 1 unspecified atom stereocenters. The molecule has 1 amide bonds. The topological polar surface area (TPSA) is 60.9 Å². The van der Waals surface area contributed by atoms with Gasteiger partial charge in [0.25, 0.3) is 5.91 Å². The van der Waals surface area contributed by atoms with Gasteiger partial charge in [0, 0.05) is 43.9 Å². The van der Waals surface area contributed by atoms with E-state index >= 15 is 0 Å². The van der Waals surface area contributed by atoms with Crippen molar-refractivity contribution in [2.75, 3.05) is 26.0 Å². The molecular formula is C19H22N2O3. The van der Waals surface area contributed by atoms with Crippen molar-refractivity contribution in [2.24, 2.45) is 0 Å². The first-order chi connectivity index (χ1) is 11.3. The lowest BCUT2D eigenvalue weighted by atomic mass is 9.91. The molecule has 2 aromatic rings. The number of rotatable bonds is 5. The maximum atomic E-state index is 12.6. The average molecular weight is 326 g/mol. The Bertz CT molecular complexity index is 719. The Morgan fingerprint density at radius 2 is 1.38 bits per heavy atom. The Morgan fingerprint density at radius 3 is 1.83 bits per heavy atom. The van der Waals surface area contributed by atoms with Gasteiger partial charge in [0.2, 0.25) is 0 Å². The number of amides is 1. The van der Waals surface area contributed by atoms with Crippen molar-refractivity contribution < 1.29 is 14.8 Å². The maximum Gasteiger partial charge on any atom is 0.276 e. The van der Waals surface area contributed by atoms with Crippen LogP contribution >= 0.6 is 0 Å². The van der Waals surface area contributed by atoms with Crippen molar-refractivity contribution in [2.45, 2.75) is 12.8 Å². The lowest BCUT2D eigenvalue weighted by Gasteiger charge is -2.15. The van der Waals surface area contributed by atoms with E-state index in [2.05, 4.69) is 0 Å². The van der Waals surface area contributed by atoms with Gasteiger partial charge in [-0.05, 0) is 42.0 Å². The molecule has 0 spiro atoms. The third-order valence-corrected chi connectivity index (χ3v) is 4.01. The SMILES string of the molecule is CC(C(=O)c1ccc(N(C)C)cc1)c1ccc(C(=O)N(C)O)cc1. The van der Waals surface area contributed by atoms with Crippen molar-refractivity contribution in [3.63, 3.8) is 0 Å². The van der Waals surface area contributed by atoms with Crippen LogP contribution in [0.2, 0.25) is 0 Å². The molecule has 2 aromatic carbocycles. The second-order valence-corrected chi connectivity index (χ2v) is 5.98. The summed E-state index contributed by atoms with van der Waals surface area (Å²) in [7, 11) is 5.18. The molecule has 0 saturated heterocycles. The molecule has 126 valence electrons.